The molecule has 0 bridgehead atoms. The van der Waals surface area contributed by atoms with Gasteiger partial charge in [-0.1, -0.05) is 12.1 Å². The van der Waals surface area contributed by atoms with E-state index in [1.165, 1.54) is 24.3 Å². The van der Waals surface area contributed by atoms with Crippen LogP contribution in [0.5, 0.6) is 5.75 Å². The summed E-state index contributed by atoms with van der Waals surface area (Å²) in [6.45, 7) is -0.270. The zero-order valence-electron chi connectivity index (χ0n) is 17.2. The van der Waals surface area contributed by atoms with Crippen molar-refractivity contribution in [3.63, 3.8) is 0 Å². The summed E-state index contributed by atoms with van der Waals surface area (Å²) >= 11 is 0. The third-order valence-electron chi connectivity index (χ3n) is 5.03. The number of carbonyl (C=O) groups excluding carboxylic acids is 3. The van der Waals surface area contributed by atoms with Gasteiger partial charge in [-0.05, 0) is 30.5 Å². The molecule has 174 valence electrons. The van der Waals surface area contributed by atoms with Crippen LogP contribution in [0.25, 0.3) is 0 Å². The quantitative estimate of drug-likeness (QED) is 0.243. The molecule has 0 saturated carbocycles. The Kier molecular flexibility index (Phi) is 8.53. The second-order valence-corrected chi connectivity index (χ2v) is 7.38. The van der Waals surface area contributed by atoms with Gasteiger partial charge in [-0.15, -0.1) is 0 Å². The summed E-state index contributed by atoms with van der Waals surface area (Å²) in [5, 5.41) is 32.7. The number of carboxylic acids is 2. The average Bonchev–Trinajstić information content (AvgIpc) is 3.23. The highest BCUT2D eigenvalue weighted by Crippen LogP contribution is 2.19. The van der Waals surface area contributed by atoms with Gasteiger partial charge in [0, 0.05) is 13.0 Å². The molecule has 12 nitrogen and oxygen atoms in total. The molecule has 1 heterocycles. The molecule has 0 aromatic heterocycles. The molecule has 0 spiro atoms. The number of phenols is 1. The first-order chi connectivity index (χ1) is 15.1. The Morgan fingerprint density at radius 3 is 2.28 bits per heavy atom. The number of carbonyl (C=O) groups is 5. The number of nitrogens with one attached hydrogen (secondary N) is 2. The van der Waals surface area contributed by atoms with Crippen LogP contribution in [0.4, 0.5) is 0 Å². The molecule has 1 aliphatic heterocycles. The highest BCUT2D eigenvalue weighted by atomic mass is 16.4. The van der Waals surface area contributed by atoms with Crippen molar-refractivity contribution in [2.75, 3.05) is 13.1 Å². The lowest BCUT2D eigenvalue weighted by Gasteiger charge is -2.28. The van der Waals surface area contributed by atoms with E-state index in [-0.39, 0.29) is 25.1 Å². The van der Waals surface area contributed by atoms with Gasteiger partial charge in [0.25, 0.3) is 0 Å². The summed E-state index contributed by atoms with van der Waals surface area (Å²) in [5.74, 6) is -4.86. The van der Waals surface area contributed by atoms with Crippen LogP contribution in [0.1, 0.15) is 24.8 Å². The summed E-state index contributed by atoms with van der Waals surface area (Å²) in [7, 11) is 0. The molecule has 3 unspecified atom stereocenters. The van der Waals surface area contributed by atoms with E-state index in [2.05, 4.69) is 10.6 Å². The minimum atomic E-state index is -1.52. The number of aromatic hydroxyl groups is 1. The molecular formula is C20H26N4O8. The third kappa shape index (κ3) is 6.67. The fourth-order valence-corrected chi connectivity index (χ4v) is 3.46. The van der Waals surface area contributed by atoms with Crippen LogP contribution in [0.3, 0.4) is 0 Å². The highest BCUT2D eigenvalue weighted by Gasteiger charge is 2.39. The lowest BCUT2D eigenvalue weighted by molar-refractivity contribution is -0.150. The van der Waals surface area contributed by atoms with E-state index in [1.54, 1.807) is 0 Å². The topological polar surface area (TPSA) is 199 Å². The largest absolute Gasteiger partial charge is 0.508 e. The molecule has 7 N–H and O–H groups in total. The van der Waals surface area contributed by atoms with Gasteiger partial charge >= 0.3 is 11.9 Å². The average molecular weight is 450 g/mol. The molecule has 1 saturated heterocycles. The van der Waals surface area contributed by atoms with Crippen molar-refractivity contribution in [2.24, 2.45) is 5.73 Å². The number of nitrogens with zero attached hydrogens (tertiary/aromatic N) is 1. The van der Waals surface area contributed by atoms with E-state index in [9.17, 15) is 39.3 Å². The monoisotopic (exact) mass is 450 g/mol. The number of hydrogen-bond acceptors (Lipinski definition) is 7. The second-order valence-electron chi connectivity index (χ2n) is 7.38. The number of nitrogens with two attached hydrogens (primary N) is 1. The summed E-state index contributed by atoms with van der Waals surface area (Å²) in [6.07, 6.45) is -0.116. The zero-order chi connectivity index (χ0) is 23.8. The number of phenolic OH excluding ortho intramolecular Hbond substituents is 1. The fourth-order valence-electron chi connectivity index (χ4n) is 3.46. The van der Waals surface area contributed by atoms with Crippen LogP contribution < -0.4 is 16.4 Å². The summed E-state index contributed by atoms with van der Waals surface area (Å²) in [5.41, 5.74) is 5.88. The Hall–Kier alpha value is -3.67. The van der Waals surface area contributed by atoms with Crippen molar-refractivity contribution in [2.45, 2.75) is 43.8 Å². The number of benzene rings is 1. The lowest BCUT2D eigenvalue weighted by Crippen LogP contribution is -2.57. The number of likely N-dealkylation sites (tertiary alicyclic amines) is 1. The van der Waals surface area contributed by atoms with Crippen LogP contribution in [0.2, 0.25) is 0 Å². The van der Waals surface area contributed by atoms with Crippen LogP contribution in [-0.4, -0.2) is 81.1 Å². The predicted molar refractivity (Wildman–Crippen MR) is 109 cm³/mol. The van der Waals surface area contributed by atoms with Crippen LogP contribution in [0.15, 0.2) is 24.3 Å². The molecule has 32 heavy (non-hydrogen) atoms. The van der Waals surface area contributed by atoms with E-state index < -0.39 is 60.8 Å². The first-order valence-corrected chi connectivity index (χ1v) is 9.95. The Morgan fingerprint density at radius 2 is 1.72 bits per heavy atom. The fraction of sp³-hybridized carbons (Fsp3) is 0.450. The van der Waals surface area contributed by atoms with Gasteiger partial charge in [-0.25, -0.2) is 4.79 Å². The molecule has 1 aliphatic rings. The molecule has 1 fully saturated rings. The molecule has 12 heteroatoms. The van der Waals surface area contributed by atoms with Crippen molar-refractivity contribution < 1.29 is 39.3 Å². The molecule has 0 aliphatic carbocycles. The Balaban J connectivity index is 2.21. The van der Waals surface area contributed by atoms with Gasteiger partial charge in [0.05, 0.1) is 13.0 Å². The van der Waals surface area contributed by atoms with E-state index >= 15 is 0 Å². The van der Waals surface area contributed by atoms with E-state index in [4.69, 9.17) is 5.73 Å². The molecule has 1 aromatic rings. The van der Waals surface area contributed by atoms with E-state index in [1.807, 2.05) is 0 Å². The zero-order valence-corrected chi connectivity index (χ0v) is 17.2. The van der Waals surface area contributed by atoms with Crippen molar-refractivity contribution in [3.05, 3.63) is 29.8 Å². The lowest BCUT2D eigenvalue weighted by atomic mass is 10.0. The molecule has 3 amide bonds. The minimum Gasteiger partial charge on any atom is -0.508 e. The second kappa shape index (κ2) is 11.1. The molecule has 0 radical (unpaired) electrons. The maximum Gasteiger partial charge on any atom is 0.326 e. The van der Waals surface area contributed by atoms with E-state index in [0.717, 1.165) is 4.90 Å². The first kappa shape index (κ1) is 24.6. The Morgan fingerprint density at radius 1 is 1.06 bits per heavy atom. The van der Waals surface area contributed by atoms with E-state index in [0.29, 0.717) is 12.0 Å². The number of amides is 3. The Labute approximate surface area is 183 Å². The van der Waals surface area contributed by atoms with Crippen LogP contribution in [-0.2, 0) is 30.4 Å². The van der Waals surface area contributed by atoms with Gasteiger partial charge in [0.2, 0.25) is 17.7 Å². The molecule has 2 rings (SSSR count). The van der Waals surface area contributed by atoms with Crippen molar-refractivity contribution in [3.8, 4) is 5.75 Å². The van der Waals surface area contributed by atoms with Crippen LogP contribution >= 0.6 is 0 Å². The number of rotatable bonds is 10. The number of carboxylic acid groups (broad SMARTS) is 2. The van der Waals surface area contributed by atoms with Gasteiger partial charge in [0.15, 0.2) is 0 Å². The van der Waals surface area contributed by atoms with Crippen LogP contribution in [0, 0.1) is 0 Å². The summed E-state index contributed by atoms with van der Waals surface area (Å²) in [4.78, 5) is 61.3. The normalized spacial score (nSPS) is 17.3. The first-order valence-electron chi connectivity index (χ1n) is 9.95. The van der Waals surface area contributed by atoms with Gasteiger partial charge in [0.1, 0.15) is 23.9 Å². The summed E-state index contributed by atoms with van der Waals surface area (Å²) in [6, 6.07) is 2.06. The van der Waals surface area contributed by atoms with Crippen molar-refractivity contribution in [1.29, 1.82) is 0 Å². The van der Waals surface area contributed by atoms with Crippen molar-refractivity contribution in [1.82, 2.24) is 15.5 Å². The van der Waals surface area contributed by atoms with Gasteiger partial charge in [-0.2, -0.15) is 0 Å². The smallest absolute Gasteiger partial charge is 0.326 e. The number of hydrogen-bond donors (Lipinski definition) is 6. The highest BCUT2D eigenvalue weighted by molar-refractivity contribution is 5.95. The van der Waals surface area contributed by atoms with Crippen molar-refractivity contribution >= 4 is 29.7 Å². The molecule has 3 atom stereocenters. The number of aliphatic carboxylic acids is 2. The van der Waals surface area contributed by atoms with Gasteiger partial charge < -0.3 is 36.6 Å². The predicted octanol–water partition coefficient (Wildman–Crippen LogP) is -1.59. The molecular weight excluding hydrogens is 424 g/mol. The summed E-state index contributed by atoms with van der Waals surface area (Å²) < 4.78 is 0. The maximum absolute atomic E-state index is 12.9. The molecule has 1 aromatic carbocycles. The SMILES string of the molecule is NCC(=O)NC(Cc1ccc(O)cc1)C(=O)NC(CC(=O)O)C(=O)N1CCCC1C(=O)O. The Bertz CT molecular complexity index is 873. The standard InChI is InChI=1S/C20H26N4O8/c21-10-16(26)22-13(8-11-3-5-12(25)6-4-11)18(29)23-14(9-17(27)28)19(30)24-7-1-2-15(24)20(31)32/h3-6,13-15,25H,1-2,7-10,21H2,(H,22,26)(H,23,29)(H,27,28)(H,31,32). The maximum atomic E-state index is 12.9. The minimum absolute atomic E-state index is 0.00598. The third-order valence-corrected chi connectivity index (χ3v) is 5.03. The van der Waals surface area contributed by atoms with Gasteiger partial charge in [-0.3, -0.25) is 19.2 Å².